The number of fused-ring (bicyclic) bond motifs is 2. The lowest BCUT2D eigenvalue weighted by Crippen LogP contribution is -2.43. The lowest BCUT2D eigenvalue weighted by molar-refractivity contribution is -0.221. The molecule has 3 N–H and O–H groups in total. The van der Waals surface area contributed by atoms with Crippen LogP contribution < -0.4 is 10.2 Å². The van der Waals surface area contributed by atoms with Crippen LogP contribution in [0.15, 0.2) is 36.9 Å². The number of nitrogens with zero attached hydrogens (tertiary/aromatic N) is 5. The molecule has 0 spiro atoms. The number of amides is 2. The zero-order valence-electron chi connectivity index (χ0n) is 22.4. The lowest BCUT2D eigenvalue weighted by Gasteiger charge is -2.37. The van der Waals surface area contributed by atoms with Crippen molar-refractivity contribution >= 4 is 28.7 Å². The van der Waals surface area contributed by atoms with Gasteiger partial charge < -0.3 is 25.3 Å². The predicted molar refractivity (Wildman–Crippen MR) is 140 cm³/mol. The predicted octanol–water partition coefficient (Wildman–Crippen LogP) is 3.19. The van der Waals surface area contributed by atoms with Gasteiger partial charge in [-0.2, -0.15) is 18.3 Å². The summed E-state index contributed by atoms with van der Waals surface area (Å²) >= 11 is 0. The maximum absolute atomic E-state index is 14.6. The van der Waals surface area contributed by atoms with E-state index in [-0.39, 0.29) is 50.1 Å². The van der Waals surface area contributed by atoms with Gasteiger partial charge in [-0.15, -0.1) is 0 Å². The highest BCUT2D eigenvalue weighted by Crippen LogP contribution is 2.39. The first-order valence-corrected chi connectivity index (χ1v) is 13.1. The van der Waals surface area contributed by atoms with Crippen LogP contribution in [0.2, 0.25) is 0 Å². The van der Waals surface area contributed by atoms with Crippen molar-refractivity contribution in [2.75, 3.05) is 29.9 Å². The number of aliphatic hydroxyl groups is 2. The molecule has 220 valence electrons. The third kappa shape index (κ3) is 5.71. The molecule has 10 nitrogen and oxygen atoms in total. The number of nitrogens with one attached hydrogen (secondary N) is 1. The van der Waals surface area contributed by atoms with E-state index < -0.39 is 41.8 Å². The molecule has 0 aliphatic carbocycles. The van der Waals surface area contributed by atoms with Gasteiger partial charge in [-0.25, -0.2) is 13.9 Å². The number of halogens is 4. The van der Waals surface area contributed by atoms with E-state index in [9.17, 15) is 37.4 Å². The fourth-order valence-electron chi connectivity index (χ4n) is 5.27. The minimum absolute atomic E-state index is 0.0430. The van der Waals surface area contributed by atoms with Gasteiger partial charge in [0, 0.05) is 31.4 Å². The van der Waals surface area contributed by atoms with E-state index in [2.05, 4.69) is 15.4 Å². The number of carbonyl (C=O) groups excluding carboxylic acids is 2. The fourth-order valence-corrected chi connectivity index (χ4v) is 5.27. The first-order valence-electron chi connectivity index (χ1n) is 13.1. The van der Waals surface area contributed by atoms with Crippen LogP contribution in [-0.4, -0.2) is 85.2 Å². The lowest BCUT2D eigenvalue weighted by atomic mass is 9.90. The third-order valence-corrected chi connectivity index (χ3v) is 7.73. The molecule has 0 saturated carbocycles. The Kier molecular flexibility index (Phi) is 7.40. The maximum Gasteiger partial charge on any atom is 0.414 e. The summed E-state index contributed by atoms with van der Waals surface area (Å²) in [6.07, 6.45) is -4.44. The quantitative estimate of drug-likeness (QED) is 0.368. The number of carbonyl (C=O) groups is 2. The van der Waals surface area contributed by atoms with E-state index in [1.165, 1.54) is 42.0 Å². The van der Waals surface area contributed by atoms with Crippen molar-refractivity contribution in [2.24, 2.45) is 5.92 Å². The topological polar surface area (TPSA) is 123 Å². The number of anilines is 2. The van der Waals surface area contributed by atoms with Gasteiger partial charge in [0.2, 0.25) is 0 Å². The van der Waals surface area contributed by atoms with E-state index in [4.69, 9.17) is 0 Å². The molecule has 1 fully saturated rings. The summed E-state index contributed by atoms with van der Waals surface area (Å²) in [5.74, 6) is -1.93. The molecule has 14 heteroatoms. The minimum Gasteiger partial charge on any atom is -0.387 e. The fraction of sp³-hybridized carbons (Fsp3) is 0.481. The Morgan fingerprint density at radius 3 is 2.59 bits per heavy atom. The molecule has 2 aliphatic heterocycles. The van der Waals surface area contributed by atoms with Gasteiger partial charge in [0.15, 0.2) is 6.10 Å². The smallest absolute Gasteiger partial charge is 0.387 e. The molecule has 0 unspecified atom stereocenters. The molecule has 2 atom stereocenters. The van der Waals surface area contributed by atoms with Crippen molar-refractivity contribution in [3.8, 4) is 0 Å². The van der Waals surface area contributed by atoms with Crippen LogP contribution in [0, 0.1) is 5.92 Å². The van der Waals surface area contributed by atoms with Crippen molar-refractivity contribution in [2.45, 2.75) is 57.3 Å². The summed E-state index contributed by atoms with van der Waals surface area (Å²) in [6.45, 7) is 2.62. The largest absolute Gasteiger partial charge is 0.414 e. The van der Waals surface area contributed by atoms with E-state index in [0.29, 0.717) is 22.5 Å². The van der Waals surface area contributed by atoms with Gasteiger partial charge in [0.05, 0.1) is 40.8 Å². The zero-order chi connectivity index (χ0) is 29.7. The number of benzene rings is 1. The summed E-state index contributed by atoms with van der Waals surface area (Å²) in [6, 6.07) is 4.79. The van der Waals surface area contributed by atoms with Crippen molar-refractivity contribution in [3.05, 3.63) is 53.6 Å². The highest BCUT2D eigenvalue weighted by atomic mass is 19.4. The standard InChI is InChI=1S/C27H30F4N6O4/c1-26(2,41)22(28)13-36-12-16-9-19(34-24(39)18-11-33-37-14-32-6-3-20(18)37)21(10-17(16)25(36)40)35-7-4-15(5-8-35)23(38)27(29,30)31/h3,6,9-11,14-15,22-23,38,41H,4-5,7-8,12-13H2,1-2H3,(H,34,39)/t22-,23-/m1/s1. The molecular formula is C27H30F4N6O4. The summed E-state index contributed by atoms with van der Waals surface area (Å²) in [7, 11) is 0. The van der Waals surface area contributed by atoms with Gasteiger partial charge in [-0.1, -0.05) is 0 Å². The van der Waals surface area contributed by atoms with Crippen LogP contribution in [-0.2, 0) is 6.54 Å². The number of alkyl halides is 4. The second-order valence-corrected chi connectivity index (χ2v) is 11.1. The van der Waals surface area contributed by atoms with E-state index in [0.717, 1.165) is 0 Å². The first kappa shape index (κ1) is 28.7. The summed E-state index contributed by atoms with van der Waals surface area (Å²) in [4.78, 5) is 33.6. The van der Waals surface area contributed by atoms with Crippen LogP contribution in [0.4, 0.5) is 28.9 Å². The Labute approximate surface area is 232 Å². The molecule has 1 aromatic carbocycles. The van der Waals surface area contributed by atoms with E-state index in [1.54, 1.807) is 23.1 Å². The highest BCUT2D eigenvalue weighted by Gasteiger charge is 2.44. The van der Waals surface area contributed by atoms with Crippen molar-refractivity contribution < 1.29 is 37.4 Å². The Morgan fingerprint density at radius 2 is 1.93 bits per heavy atom. The molecule has 5 rings (SSSR count). The SMILES string of the molecule is CC(C)(O)[C@H](F)CN1Cc2cc(NC(=O)c3cnn4cnccc34)c(N3CCC([C@@H](O)C(F)(F)F)CC3)cc2C1=O. The van der Waals surface area contributed by atoms with Gasteiger partial charge in [0.25, 0.3) is 11.8 Å². The number of piperidine rings is 1. The Hall–Kier alpha value is -3.78. The summed E-state index contributed by atoms with van der Waals surface area (Å²) in [5.41, 5.74) is 0.659. The van der Waals surface area contributed by atoms with Gasteiger partial charge in [0.1, 0.15) is 12.5 Å². The van der Waals surface area contributed by atoms with Gasteiger partial charge in [-0.3, -0.25) is 9.59 Å². The van der Waals surface area contributed by atoms with Gasteiger partial charge in [-0.05, 0) is 56.4 Å². The van der Waals surface area contributed by atoms with E-state index in [1.807, 2.05) is 0 Å². The molecule has 0 bridgehead atoms. The number of rotatable bonds is 7. The number of hydrogen-bond donors (Lipinski definition) is 3. The monoisotopic (exact) mass is 578 g/mol. The van der Waals surface area contributed by atoms with Gasteiger partial charge >= 0.3 is 6.18 Å². The number of aromatic nitrogens is 3. The minimum atomic E-state index is -4.73. The van der Waals surface area contributed by atoms with Crippen LogP contribution in [0.5, 0.6) is 0 Å². The molecule has 4 heterocycles. The third-order valence-electron chi connectivity index (χ3n) is 7.73. The number of hydrogen-bond acceptors (Lipinski definition) is 7. The molecule has 3 aromatic rings. The molecule has 1 saturated heterocycles. The van der Waals surface area contributed by atoms with Crippen LogP contribution >= 0.6 is 0 Å². The second-order valence-electron chi connectivity index (χ2n) is 11.1. The molecular weight excluding hydrogens is 548 g/mol. The number of aliphatic hydroxyl groups excluding tert-OH is 1. The molecule has 2 aromatic heterocycles. The Bertz CT molecular complexity index is 1460. The molecule has 41 heavy (non-hydrogen) atoms. The van der Waals surface area contributed by atoms with Crippen molar-refractivity contribution in [1.82, 2.24) is 19.5 Å². The average Bonchev–Trinajstić information content (AvgIpc) is 3.48. The second kappa shape index (κ2) is 10.6. The highest BCUT2D eigenvalue weighted by molar-refractivity contribution is 6.11. The molecule has 2 aliphatic rings. The van der Waals surface area contributed by atoms with Crippen molar-refractivity contribution in [3.63, 3.8) is 0 Å². The molecule has 0 radical (unpaired) electrons. The molecule has 2 amide bonds. The summed E-state index contributed by atoms with van der Waals surface area (Å²) < 4.78 is 55.3. The van der Waals surface area contributed by atoms with Crippen LogP contribution in [0.1, 0.15) is 53.0 Å². The Balaban J connectivity index is 1.45. The first-order chi connectivity index (χ1) is 19.2. The van der Waals surface area contributed by atoms with E-state index >= 15 is 0 Å². The summed E-state index contributed by atoms with van der Waals surface area (Å²) in [5, 5.41) is 26.7. The average molecular weight is 579 g/mol. The maximum atomic E-state index is 14.6. The Morgan fingerprint density at radius 1 is 1.22 bits per heavy atom. The van der Waals surface area contributed by atoms with Crippen LogP contribution in [0.25, 0.3) is 5.52 Å². The van der Waals surface area contributed by atoms with Crippen LogP contribution in [0.3, 0.4) is 0 Å². The zero-order valence-corrected chi connectivity index (χ0v) is 22.4. The normalized spacial score (nSPS) is 18.1. The van der Waals surface area contributed by atoms with Crippen molar-refractivity contribution in [1.29, 1.82) is 0 Å².